The molecule has 1 amide bonds. The van der Waals surface area contributed by atoms with Crippen molar-refractivity contribution in [2.24, 2.45) is 0 Å². The number of para-hydroxylation sites is 2. The van der Waals surface area contributed by atoms with E-state index in [4.69, 9.17) is 4.42 Å². The van der Waals surface area contributed by atoms with Crippen molar-refractivity contribution in [3.05, 3.63) is 53.2 Å². The molecule has 1 N–H and O–H groups in total. The Hall–Kier alpha value is -2.56. The van der Waals surface area contributed by atoms with Crippen LogP contribution in [-0.2, 0) is 0 Å². The number of fused-ring (bicyclic) bond motifs is 1. The molecule has 23 heavy (non-hydrogen) atoms. The first kappa shape index (κ1) is 14.1. The van der Waals surface area contributed by atoms with Gasteiger partial charge in [-0.25, -0.2) is 4.98 Å². The summed E-state index contributed by atoms with van der Waals surface area (Å²) in [6.07, 6.45) is 1.92. The van der Waals surface area contributed by atoms with Crippen LogP contribution in [0.5, 0.6) is 0 Å². The number of nitrogens with zero attached hydrogens (tertiary/aromatic N) is 2. The number of furan rings is 1. The molecule has 0 aliphatic carbocycles. The van der Waals surface area contributed by atoms with Crippen LogP contribution in [0.25, 0.3) is 11.0 Å². The van der Waals surface area contributed by atoms with E-state index in [2.05, 4.69) is 9.97 Å². The number of rotatable bonds is 2. The maximum Gasteiger partial charge on any atom is 0.258 e. The number of amides is 1. The van der Waals surface area contributed by atoms with E-state index >= 15 is 0 Å². The van der Waals surface area contributed by atoms with Gasteiger partial charge in [-0.3, -0.25) is 4.79 Å². The fourth-order valence-electron chi connectivity index (χ4n) is 3.42. The van der Waals surface area contributed by atoms with Crippen molar-refractivity contribution in [1.29, 1.82) is 0 Å². The Balaban J connectivity index is 1.68. The average Bonchev–Trinajstić information content (AvgIpc) is 3.23. The third-order valence-corrected chi connectivity index (χ3v) is 4.51. The minimum absolute atomic E-state index is 0.00417. The Kier molecular flexibility index (Phi) is 3.22. The van der Waals surface area contributed by atoms with Gasteiger partial charge in [0.05, 0.1) is 22.6 Å². The fraction of sp³-hybridized carbons (Fsp3) is 0.333. The minimum Gasteiger partial charge on any atom is -0.466 e. The largest absolute Gasteiger partial charge is 0.466 e. The van der Waals surface area contributed by atoms with Crippen LogP contribution in [0.1, 0.15) is 46.6 Å². The van der Waals surface area contributed by atoms with Gasteiger partial charge in [0.15, 0.2) is 0 Å². The topological polar surface area (TPSA) is 62.1 Å². The van der Waals surface area contributed by atoms with Gasteiger partial charge in [0, 0.05) is 6.54 Å². The first-order valence-electron chi connectivity index (χ1n) is 7.96. The van der Waals surface area contributed by atoms with Gasteiger partial charge in [0.25, 0.3) is 5.91 Å². The molecular weight excluding hydrogens is 290 g/mol. The number of benzene rings is 1. The zero-order valence-electron chi connectivity index (χ0n) is 13.3. The summed E-state index contributed by atoms with van der Waals surface area (Å²) in [7, 11) is 0. The quantitative estimate of drug-likeness (QED) is 0.784. The van der Waals surface area contributed by atoms with Gasteiger partial charge in [-0.2, -0.15) is 0 Å². The van der Waals surface area contributed by atoms with Crippen LogP contribution in [0, 0.1) is 13.8 Å². The number of hydrogen-bond donors (Lipinski definition) is 1. The smallest absolute Gasteiger partial charge is 0.258 e. The summed E-state index contributed by atoms with van der Waals surface area (Å²) in [4.78, 5) is 22.9. The number of aryl methyl sites for hydroxylation is 2. The van der Waals surface area contributed by atoms with Crippen molar-refractivity contribution in [2.75, 3.05) is 6.54 Å². The second-order valence-electron chi connectivity index (χ2n) is 6.12. The summed E-state index contributed by atoms with van der Waals surface area (Å²) in [6.45, 7) is 4.46. The predicted octanol–water partition coefficient (Wildman–Crippen LogP) is 3.75. The molecule has 3 aromatic rings. The van der Waals surface area contributed by atoms with Gasteiger partial charge in [-0.1, -0.05) is 12.1 Å². The number of aromatic amines is 1. The molecule has 5 nitrogen and oxygen atoms in total. The molecule has 1 atom stereocenters. The molecule has 1 saturated heterocycles. The van der Waals surface area contributed by atoms with Crippen LogP contribution < -0.4 is 0 Å². The van der Waals surface area contributed by atoms with E-state index in [9.17, 15) is 4.79 Å². The molecule has 5 heteroatoms. The van der Waals surface area contributed by atoms with Crippen LogP contribution in [-0.4, -0.2) is 27.3 Å². The van der Waals surface area contributed by atoms with Crippen LogP contribution in [0.4, 0.5) is 0 Å². The van der Waals surface area contributed by atoms with E-state index in [0.29, 0.717) is 11.3 Å². The van der Waals surface area contributed by atoms with Crippen molar-refractivity contribution in [3.63, 3.8) is 0 Å². The predicted molar refractivity (Wildman–Crippen MR) is 87.3 cm³/mol. The molecule has 1 aliphatic heterocycles. The molecule has 0 spiro atoms. The summed E-state index contributed by atoms with van der Waals surface area (Å²) in [5, 5.41) is 0. The SMILES string of the molecule is Cc1cc(C(=O)N2CCCC2c2nc3ccccc3[nH]2)c(C)o1. The monoisotopic (exact) mass is 309 g/mol. The number of nitrogens with one attached hydrogen (secondary N) is 1. The van der Waals surface area contributed by atoms with Gasteiger partial charge in [-0.15, -0.1) is 0 Å². The zero-order valence-corrected chi connectivity index (χ0v) is 13.3. The molecule has 118 valence electrons. The number of carbonyl (C=O) groups excluding carboxylic acids is 1. The molecule has 0 saturated carbocycles. The van der Waals surface area contributed by atoms with Crippen LogP contribution in [0.2, 0.25) is 0 Å². The first-order chi connectivity index (χ1) is 11.1. The van der Waals surface area contributed by atoms with Crippen molar-refractivity contribution < 1.29 is 9.21 Å². The van der Waals surface area contributed by atoms with Crippen molar-refractivity contribution in [3.8, 4) is 0 Å². The highest BCUT2D eigenvalue weighted by Crippen LogP contribution is 2.33. The number of imidazole rings is 1. The van der Waals surface area contributed by atoms with Gasteiger partial charge in [0.2, 0.25) is 0 Å². The van der Waals surface area contributed by atoms with E-state index in [-0.39, 0.29) is 11.9 Å². The third-order valence-electron chi connectivity index (χ3n) is 4.51. The van der Waals surface area contributed by atoms with Gasteiger partial charge in [0.1, 0.15) is 17.3 Å². The summed E-state index contributed by atoms with van der Waals surface area (Å²) >= 11 is 0. The lowest BCUT2D eigenvalue weighted by Crippen LogP contribution is -2.31. The molecule has 1 unspecified atom stereocenters. The van der Waals surface area contributed by atoms with Crippen molar-refractivity contribution in [1.82, 2.24) is 14.9 Å². The number of hydrogen-bond acceptors (Lipinski definition) is 3. The zero-order chi connectivity index (χ0) is 16.0. The summed E-state index contributed by atoms with van der Waals surface area (Å²) in [5.74, 6) is 2.35. The maximum atomic E-state index is 12.9. The number of likely N-dealkylation sites (tertiary alicyclic amines) is 1. The molecule has 1 aliphatic rings. The molecule has 3 heterocycles. The van der Waals surface area contributed by atoms with Crippen LogP contribution >= 0.6 is 0 Å². The van der Waals surface area contributed by atoms with E-state index in [1.165, 1.54) is 0 Å². The van der Waals surface area contributed by atoms with Crippen LogP contribution in [0.15, 0.2) is 34.7 Å². The second kappa shape index (κ2) is 5.26. The third kappa shape index (κ3) is 2.32. The minimum atomic E-state index is 0.00417. The molecule has 1 fully saturated rings. The Labute approximate surface area is 134 Å². The lowest BCUT2D eigenvalue weighted by Gasteiger charge is -2.22. The Bertz CT molecular complexity index is 844. The highest BCUT2D eigenvalue weighted by Gasteiger charge is 2.33. The first-order valence-corrected chi connectivity index (χ1v) is 7.96. The van der Waals surface area contributed by atoms with E-state index in [1.54, 1.807) is 0 Å². The average molecular weight is 309 g/mol. The molecule has 1 aromatic carbocycles. The molecule has 2 aromatic heterocycles. The second-order valence-corrected chi connectivity index (χ2v) is 6.12. The Morgan fingerprint density at radius 3 is 2.91 bits per heavy atom. The van der Waals surface area contributed by atoms with Gasteiger partial charge < -0.3 is 14.3 Å². The van der Waals surface area contributed by atoms with Gasteiger partial charge >= 0.3 is 0 Å². The number of carbonyl (C=O) groups is 1. The van der Waals surface area contributed by atoms with E-state index < -0.39 is 0 Å². The highest BCUT2D eigenvalue weighted by atomic mass is 16.3. The van der Waals surface area contributed by atoms with E-state index in [0.717, 1.165) is 42.0 Å². The van der Waals surface area contributed by atoms with E-state index in [1.807, 2.05) is 49.1 Å². The summed E-state index contributed by atoms with van der Waals surface area (Å²) in [6, 6.07) is 9.79. The lowest BCUT2D eigenvalue weighted by molar-refractivity contribution is 0.0729. The van der Waals surface area contributed by atoms with Crippen molar-refractivity contribution >= 4 is 16.9 Å². The summed E-state index contributed by atoms with van der Waals surface area (Å²) in [5.41, 5.74) is 2.61. The standard InChI is InChI=1S/C18H19N3O2/c1-11-10-13(12(2)23-11)18(22)21-9-5-8-16(21)17-19-14-6-3-4-7-15(14)20-17/h3-4,6-7,10,16H,5,8-9H2,1-2H3,(H,19,20). The fourth-order valence-corrected chi connectivity index (χ4v) is 3.42. The maximum absolute atomic E-state index is 12.9. The lowest BCUT2D eigenvalue weighted by atomic mass is 10.1. The normalized spacial score (nSPS) is 18.0. The summed E-state index contributed by atoms with van der Waals surface area (Å²) < 4.78 is 5.51. The highest BCUT2D eigenvalue weighted by molar-refractivity contribution is 5.95. The molecule has 0 radical (unpaired) electrons. The molecule has 0 bridgehead atoms. The Morgan fingerprint density at radius 1 is 1.35 bits per heavy atom. The van der Waals surface area contributed by atoms with Crippen LogP contribution in [0.3, 0.4) is 0 Å². The number of H-pyrrole nitrogens is 1. The van der Waals surface area contributed by atoms with Gasteiger partial charge in [-0.05, 0) is 44.9 Å². The van der Waals surface area contributed by atoms with Crippen molar-refractivity contribution in [2.45, 2.75) is 32.7 Å². The number of aromatic nitrogens is 2. The molecule has 4 rings (SSSR count). The molecular formula is C18H19N3O2. The Morgan fingerprint density at radius 2 is 2.17 bits per heavy atom.